The van der Waals surface area contributed by atoms with E-state index in [4.69, 9.17) is 11.6 Å². The van der Waals surface area contributed by atoms with Crippen molar-refractivity contribution < 1.29 is 4.79 Å². The lowest BCUT2D eigenvalue weighted by Crippen LogP contribution is -2.30. The molecule has 0 fully saturated rings. The van der Waals surface area contributed by atoms with Crippen LogP contribution in [0.1, 0.15) is 39.0 Å². The first kappa shape index (κ1) is 20.6. The molecular weight excluding hydrogens is 392 g/mol. The normalized spacial score (nSPS) is 13.6. The molecule has 4 rings (SSSR count). The third kappa shape index (κ3) is 5.50. The van der Waals surface area contributed by atoms with Gasteiger partial charge >= 0.3 is 0 Å². The Morgan fingerprint density at radius 3 is 2.37 bits per heavy atom. The fourth-order valence-corrected chi connectivity index (χ4v) is 4.08. The van der Waals surface area contributed by atoms with Gasteiger partial charge in [0, 0.05) is 36.8 Å². The molecule has 3 aromatic rings. The summed E-state index contributed by atoms with van der Waals surface area (Å²) in [5, 5.41) is 3.77. The Bertz CT molecular complexity index is 983. The predicted octanol–water partition coefficient (Wildman–Crippen LogP) is 5.26. The maximum absolute atomic E-state index is 12.4. The fourth-order valence-electron chi connectivity index (χ4n) is 3.96. The molecule has 1 aliphatic heterocycles. The first-order chi connectivity index (χ1) is 14.7. The van der Waals surface area contributed by atoms with Crippen LogP contribution in [0.2, 0.25) is 5.02 Å². The van der Waals surface area contributed by atoms with Crippen LogP contribution in [0.15, 0.2) is 72.8 Å². The van der Waals surface area contributed by atoms with Crippen molar-refractivity contribution in [3.63, 3.8) is 0 Å². The minimum atomic E-state index is -0.00967. The second-order valence-corrected chi connectivity index (χ2v) is 8.35. The van der Waals surface area contributed by atoms with Crippen LogP contribution in [0, 0.1) is 0 Å². The van der Waals surface area contributed by atoms with Crippen molar-refractivity contribution in [3.05, 3.63) is 106 Å². The van der Waals surface area contributed by atoms with Crippen LogP contribution in [0.25, 0.3) is 0 Å². The van der Waals surface area contributed by atoms with E-state index in [9.17, 15) is 4.79 Å². The van der Waals surface area contributed by atoms with E-state index in [1.807, 2.05) is 36.4 Å². The lowest BCUT2D eigenvalue weighted by atomic mass is 9.99. The van der Waals surface area contributed by atoms with Crippen LogP contribution in [0.3, 0.4) is 0 Å². The Morgan fingerprint density at radius 1 is 0.900 bits per heavy atom. The summed E-state index contributed by atoms with van der Waals surface area (Å²) in [6.07, 6.45) is 2.93. The molecule has 30 heavy (non-hydrogen) atoms. The molecule has 0 unspecified atom stereocenters. The number of halogens is 1. The van der Waals surface area contributed by atoms with E-state index in [1.54, 1.807) is 0 Å². The van der Waals surface area contributed by atoms with E-state index >= 15 is 0 Å². The average molecular weight is 419 g/mol. The Kier molecular flexibility index (Phi) is 6.83. The molecule has 1 heterocycles. The minimum absolute atomic E-state index is 0.00967. The summed E-state index contributed by atoms with van der Waals surface area (Å²) >= 11 is 5.91. The zero-order valence-electron chi connectivity index (χ0n) is 17.1. The van der Waals surface area contributed by atoms with Crippen molar-refractivity contribution >= 4 is 17.5 Å². The second-order valence-electron chi connectivity index (χ2n) is 7.91. The maximum atomic E-state index is 12.4. The smallest absolute Gasteiger partial charge is 0.251 e. The largest absolute Gasteiger partial charge is 0.352 e. The molecule has 0 aliphatic carbocycles. The van der Waals surface area contributed by atoms with E-state index in [0.29, 0.717) is 12.1 Å². The Hall–Kier alpha value is -2.62. The summed E-state index contributed by atoms with van der Waals surface area (Å²) in [6.45, 7) is 3.65. The molecule has 0 bridgehead atoms. The van der Waals surface area contributed by atoms with Gasteiger partial charge in [-0.3, -0.25) is 9.69 Å². The van der Waals surface area contributed by atoms with Gasteiger partial charge in [0.1, 0.15) is 0 Å². The summed E-state index contributed by atoms with van der Waals surface area (Å²) in [4.78, 5) is 14.9. The van der Waals surface area contributed by atoms with Gasteiger partial charge in [-0.25, -0.2) is 0 Å². The number of aryl methyl sites for hydroxylation is 1. The van der Waals surface area contributed by atoms with Crippen LogP contribution in [0.5, 0.6) is 0 Å². The van der Waals surface area contributed by atoms with Crippen molar-refractivity contribution in [2.24, 2.45) is 0 Å². The molecule has 1 amide bonds. The summed E-state index contributed by atoms with van der Waals surface area (Å²) in [5.41, 5.74) is 6.09. The van der Waals surface area contributed by atoms with Crippen LogP contribution < -0.4 is 5.32 Å². The summed E-state index contributed by atoms with van der Waals surface area (Å²) in [7, 11) is 0. The number of hydrogen-bond donors (Lipinski definition) is 1. The van der Waals surface area contributed by atoms with E-state index in [2.05, 4.69) is 46.6 Å². The topological polar surface area (TPSA) is 32.3 Å². The van der Waals surface area contributed by atoms with Crippen LogP contribution >= 0.6 is 11.6 Å². The molecule has 0 radical (unpaired) electrons. The van der Waals surface area contributed by atoms with Gasteiger partial charge in [0.25, 0.3) is 5.91 Å². The number of carbonyl (C=O) groups excluding carboxylic acids is 1. The monoisotopic (exact) mass is 418 g/mol. The lowest BCUT2D eigenvalue weighted by molar-refractivity contribution is 0.0953. The lowest BCUT2D eigenvalue weighted by Gasteiger charge is -2.28. The van der Waals surface area contributed by atoms with E-state index in [1.165, 1.54) is 22.3 Å². The number of rotatable bonds is 7. The van der Waals surface area contributed by atoms with E-state index in [0.717, 1.165) is 43.9 Å². The number of nitrogens with one attached hydrogen (secondary N) is 1. The number of fused-ring (bicyclic) bond motifs is 1. The maximum Gasteiger partial charge on any atom is 0.251 e. The predicted molar refractivity (Wildman–Crippen MR) is 123 cm³/mol. The number of benzene rings is 3. The van der Waals surface area contributed by atoms with Gasteiger partial charge in [-0.05, 0) is 65.8 Å². The summed E-state index contributed by atoms with van der Waals surface area (Å²) < 4.78 is 0. The molecular formula is C26H27ClN2O. The number of nitrogens with zero attached hydrogens (tertiary/aromatic N) is 1. The third-order valence-corrected chi connectivity index (χ3v) is 5.93. The first-order valence-corrected chi connectivity index (χ1v) is 11.0. The highest BCUT2D eigenvalue weighted by Crippen LogP contribution is 2.20. The SMILES string of the molecule is O=C(NCCCc1ccc(Cl)cc1)c1ccc(CN2CCc3ccccc3C2)cc1. The molecule has 0 spiro atoms. The Labute approximate surface area is 183 Å². The average Bonchev–Trinajstić information content (AvgIpc) is 2.78. The first-order valence-electron chi connectivity index (χ1n) is 10.6. The van der Waals surface area contributed by atoms with Crippen LogP contribution in [-0.4, -0.2) is 23.9 Å². The van der Waals surface area contributed by atoms with E-state index in [-0.39, 0.29) is 5.91 Å². The van der Waals surface area contributed by atoms with Crippen molar-refractivity contribution in [2.45, 2.75) is 32.4 Å². The highest BCUT2D eigenvalue weighted by Gasteiger charge is 2.15. The molecule has 0 atom stereocenters. The van der Waals surface area contributed by atoms with Gasteiger partial charge in [0.05, 0.1) is 0 Å². The van der Waals surface area contributed by atoms with Crippen LogP contribution in [0.4, 0.5) is 0 Å². The van der Waals surface area contributed by atoms with Gasteiger partial charge in [-0.15, -0.1) is 0 Å². The molecule has 3 nitrogen and oxygen atoms in total. The highest BCUT2D eigenvalue weighted by atomic mass is 35.5. The quantitative estimate of drug-likeness (QED) is 0.531. The van der Waals surface area contributed by atoms with Crippen molar-refractivity contribution in [1.29, 1.82) is 0 Å². The molecule has 0 saturated heterocycles. The number of hydrogen-bond acceptors (Lipinski definition) is 2. The van der Waals surface area contributed by atoms with E-state index < -0.39 is 0 Å². The van der Waals surface area contributed by atoms with Gasteiger partial charge in [-0.1, -0.05) is 60.1 Å². The standard InChI is InChI=1S/C26H27ClN2O/c27-25-13-9-20(10-14-25)4-3-16-28-26(30)23-11-7-21(8-12-23)18-29-17-15-22-5-1-2-6-24(22)19-29/h1-2,5-14H,3-4,15-19H2,(H,28,30). The highest BCUT2D eigenvalue weighted by molar-refractivity contribution is 6.30. The summed E-state index contributed by atoms with van der Waals surface area (Å²) in [6, 6.07) is 24.6. The fraction of sp³-hybridized carbons (Fsp3) is 0.269. The minimum Gasteiger partial charge on any atom is -0.352 e. The zero-order chi connectivity index (χ0) is 20.8. The molecule has 0 saturated carbocycles. The van der Waals surface area contributed by atoms with Crippen molar-refractivity contribution in [2.75, 3.05) is 13.1 Å². The molecule has 3 aromatic carbocycles. The molecule has 4 heteroatoms. The molecule has 1 N–H and O–H groups in total. The van der Waals surface area contributed by atoms with Gasteiger partial charge < -0.3 is 5.32 Å². The van der Waals surface area contributed by atoms with Gasteiger partial charge in [-0.2, -0.15) is 0 Å². The Balaban J connectivity index is 1.23. The number of carbonyl (C=O) groups is 1. The summed E-state index contributed by atoms with van der Waals surface area (Å²) in [5.74, 6) is -0.00967. The van der Waals surface area contributed by atoms with Gasteiger partial charge in [0.2, 0.25) is 0 Å². The van der Waals surface area contributed by atoms with Crippen molar-refractivity contribution in [1.82, 2.24) is 10.2 Å². The Morgan fingerprint density at radius 2 is 1.60 bits per heavy atom. The second kappa shape index (κ2) is 9.92. The van der Waals surface area contributed by atoms with Crippen LogP contribution in [-0.2, 0) is 25.9 Å². The van der Waals surface area contributed by atoms with Gasteiger partial charge in [0.15, 0.2) is 0 Å². The molecule has 1 aliphatic rings. The number of amides is 1. The molecule has 154 valence electrons. The molecule has 0 aromatic heterocycles. The third-order valence-electron chi connectivity index (χ3n) is 5.67. The van der Waals surface area contributed by atoms with Crippen molar-refractivity contribution in [3.8, 4) is 0 Å². The zero-order valence-corrected chi connectivity index (χ0v) is 17.9.